The van der Waals surface area contributed by atoms with Gasteiger partial charge < -0.3 is 11.2 Å². The highest BCUT2D eigenvalue weighted by Crippen LogP contribution is 2.30. The average molecular weight is 392 g/mol. The zero-order valence-electron chi connectivity index (χ0n) is 15.9. The largest absolute Gasteiger partial charge is 0.352 e. The number of nitrogens with zero attached hydrogens (tertiary/aromatic N) is 3. The first-order chi connectivity index (χ1) is 12.9. The van der Waals surface area contributed by atoms with Crippen molar-refractivity contribution in [2.45, 2.75) is 56.5 Å². The average Bonchev–Trinajstić information content (AvgIpc) is 3.00. The van der Waals surface area contributed by atoms with Gasteiger partial charge in [-0.3, -0.25) is 4.79 Å². The Hall–Kier alpha value is -2.09. The van der Waals surface area contributed by atoms with Crippen LogP contribution in [0.25, 0.3) is 11.4 Å². The second-order valence-corrected chi connectivity index (χ2v) is 8.61. The smallest absolute Gasteiger partial charge is 0.233 e. The number of nitrogen functional groups attached to an aromatic ring is 1. The van der Waals surface area contributed by atoms with Gasteiger partial charge in [-0.15, -0.1) is 10.2 Å². The van der Waals surface area contributed by atoms with Crippen LogP contribution in [0.4, 0.5) is 4.39 Å². The molecule has 1 fully saturated rings. The number of rotatable bonds is 5. The molecule has 1 heterocycles. The molecule has 1 aliphatic rings. The number of thioether (sulfide) groups is 1. The van der Waals surface area contributed by atoms with Crippen LogP contribution < -0.4 is 11.2 Å². The minimum Gasteiger partial charge on any atom is -0.352 e. The van der Waals surface area contributed by atoms with E-state index >= 15 is 0 Å². The first-order valence-corrected chi connectivity index (χ1v) is 10.2. The van der Waals surface area contributed by atoms with Crippen molar-refractivity contribution in [1.82, 2.24) is 20.2 Å². The van der Waals surface area contributed by atoms with E-state index in [9.17, 15) is 9.18 Å². The Morgan fingerprint density at radius 1 is 1.33 bits per heavy atom. The molecule has 4 unspecified atom stereocenters. The van der Waals surface area contributed by atoms with E-state index in [1.807, 2.05) is 6.92 Å². The molecule has 0 aliphatic heterocycles. The van der Waals surface area contributed by atoms with Crippen molar-refractivity contribution in [3.63, 3.8) is 0 Å². The summed E-state index contributed by atoms with van der Waals surface area (Å²) >= 11 is 1.22. The van der Waals surface area contributed by atoms with Crippen LogP contribution in [-0.2, 0) is 4.79 Å². The first kappa shape index (κ1) is 19.7. The second-order valence-electron chi connectivity index (χ2n) is 7.30. The summed E-state index contributed by atoms with van der Waals surface area (Å²) in [5.74, 6) is 6.90. The number of carbonyl (C=O) groups excluding carboxylic acids is 1. The fourth-order valence-electron chi connectivity index (χ4n) is 3.48. The molecule has 146 valence electrons. The molecular formula is C19H26FN5OS. The Balaban J connectivity index is 1.67. The van der Waals surface area contributed by atoms with Gasteiger partial charge in [0.1, 0.15) is 5.82 Å². The Morgan fingerprint density at radius 3 is 2.81 bits per heavy atom. The first-order valence-electron chi connectivity index (χ1n) is 9.31. The van der Waals surface area contributed by atoms with Crippen molar-refractivity contribution in [2.75, 3.05) is 5.84 Å². The Kier molecular flexibility index (Phi) is 6.04. The van der Waals surface area contributed by atoms with E-state index in [-0.39, 0.29) is 28.6 Å². The summed E-state index contributed by atoms with van der Waals surface area (Å²) in [6.07, 6.45) is 3.37. The van der Waals surface area contributed by atoms with Crippen LogP contribution in [0.1, 0.15) is 40.0 Å². The summed E-state index contributed by atoms with van der Waals surface area (Å²) in [7, 11) is 0. The zero-order valence-corrected chi connectivity index (χ0v) is 16.7. The van der Waals surface area contributed by atoms with Gasteiger partial charge in [-0.2, -0.15) is 0 Å². The zero-order chi connectivity index (χ0) is 19.6. The van der Waals surface area contributed by atoms with Gasteiger partial charge in [0.2, 0.25) is 11.1 Å². The van der Waals surface area contributed by atoms with Crippen LogP contribution in [0.15, 0.2) is 29.4 Å². The molecule has 27 heavy (non-hydrogen) atoms. The number of nitrogens with two attached hydrogens (primary N) is 1. The topological polar surface area (TPSA) is 85.8 Å². The molecule has 0 spiro atoms. The molecule has 4 atom stereocenters. The molecule has 1 aromatic heterocycles. The van der Waals surface area contributed by atoms with Crippen molar-refractivity contribution < 1.29 is 9.18 Å². The highest BCUT2D eigenvalue weighted by Gasteiger charge is 2.30. The Labute approximate surface area is 163 Å². The second kappa shape index (κ2) is 8.29. The maximum Gasteiger partial charge on any atom is 0.233 e. The number of halogens is 1. The van der Waals surface area contributed by atoms with E-state index in [0.29, 0.717) is 17.0 Å². The van der Waals surface area contributed by atoms with E-state index in [1.54, 1.807) is 18.2 Å². The molecule has 1 aliphatic carbocycles. The maximum atomic E-state index is 14.0. The molecule has 3 rings (SSSR count). The van der Waals surface area contributed by atoms with Crippen LogP contribution in [0.2, 0.25) is 0 Å². The van der Waals surface area contributed by atoms with Crippen molar-refractivity contribution >= 4 is 17.7 Å². The van der Waals surface area contributed by atoms with E-state index in [0.717, 1.165) is 12.8 Å². The van der Waals surface area contributed by atoms with Crippen molar-refractivity contribution in [3.05, 3.63) is 30.1 Å². The maximum absolute atomic E-state index is 14.0. The van der Waals surface area contributed by atoms with Gasteiger partial charge in [0, 0.05) is 6.04 Å². The summed E-state index contributed by atoms with van der Waals surface area (Å²) in [5, 5.41) is 11.2. The number of benzene rings is 1. The number of aromatic nitrogens is 3. The molecule has 6 nitrogen and oxygen atoms in total. The predicted octanol–water partition coefficient (Wildman–Crippen LogP) is 3.22. The molecule has 2 aromatic rings. The number of carbonyl (C=O) groups is 1. The molecular weight excluding hydrogens is 365 g/mol. The number of hydrogen-bond donors (Lipinski definition) is 2. The number of amides is 1. The molecule has 1 amide bonds. The Morgan fingerprint density at radius 2 is 2.07 bits per heavy atom. The standard InChI is InChI=1S/C19H26FN5OS/c1-11-7-6-10-16(12(11)2)22-18(26)13(3)27-19-24-23-17(25(19)21)14-8-4-5-9-15(14)20/h4-5,8-9,11-13,16H,6-7,10,21H2,1-3H3,(H,22,26). The summed E-state index contributed by atoms with van der Waals surface area (Å²) in [6, 6.07) is 6.46. The quantitative estimate of drug-likeness (QED) is 0.604. The fraction of sp³-hybridized carbons (Fsp3) is 0.526. The van der Waals surface area contributed by atoms with Gasteiger partial charge >= 0.3 is 0 Å². The Bertz CT molecular complexity index is 811. The van der Waals surface area contributed by atoms with Crippen molar-refractivity contribution in [1.29, 1.82) is 0 Å². The summed E-state index contributed by atoms with van der Waals surface area (Å²) in [5.41, 5.74) is 0.279. The van der Waals surface area contributed by atoms with Gasteiger partial charge in [-0.25, -0.2) is 9.07 Å². The van der Waals surface area contributed by atoms with Crippen LogP contribution >= 0.6 is 11.8 Å². The monoisotopic (exact) mass is 391 g/mol. The van der Waals surface area contributed by atoms with Gasteiger partial charge in [0.05, 0.1) is 10.8 Å². The summed E-state index contributed by atoms with van der Waals surface area (Å²) in [6.45, 7) is 6.25. The molecule has 1 aromatic carbocycles. The molecule has 1 saturated carbocycles. The normalized spacial score (nSPS) is 23.8. The molecule has 3 N–H and O–H groups in total. The van der Waals surface area contributed by atoms with E-state index in [2.05, 4.69) is 29.4 Å². The van der Waals surface area contributed by atoms with Crippen LogP contribution in [0.3, 0.4) is 0 Å². The van der Waals surface area contributed by atoms with Crippen LogP contribution in [0, 0.1) is 17.7 Å². The lowest BCUT2D eigenvalue weighted by Gasteiger charge is -2.35. The van der Waals surface area contributed by atoms with Gasteiger partial charge in [0.15, 0.2) is 5.82 Å². The minimum absolute atomic E-state index is 0.0404. The third kappa shape index (κ3) is 4.26. The third-order valence-corrected chi connectivity index (χ3v) is 6.52. The lowest BCUT2D eigenvalue weighted by molar-refractivity contribution is -0.121. The lowest BCUT2D eigenvalue weighted by atomic mass is 9.78. The summed E-state index contributed by atoms with van der Waals surface area (Å²) in [4.78, 5) is 12.6. The highest BCUT2D eigenvalue weighted by atomic mass is 32.2. The summed E-state index contributed by atoms with van der Waals surface area (Å²) < 4.78 is 15.2. The van der Waals surface area contributed by atoms with E-state index in [1.165, 1.54) is 28.9 Å². The molecule has 0 radical (unpaired) electrons. The van der Waals surface area contributed by atoms with E-state index in [4.69, 9.17) is 5.84 Å². The highest BCUT2D eigenvalue weighted by molar-refractivity contribution is 8.00. The molecule has 0 saturated heterocycles. The van der Waals surface area contributed by atoms with Crippen LogP contribution in [0.5, 0.6) is 0 Å². The van der Waals surface area contributed by atoms with Crippen molar-refractivity contribution in [2.24, 2.45) is 11.8 Å². The molecule has 0 bridgehead atoms. The molecule has 8 heteroatoms. The van der Waals surface area contributed by atoms with Gasteiger partial charge in [-0.1, -0.05) is 50.6 Å². The number of nitrogens with one attached hydrogen (secondary N) is 1. The van der Waals surface area contributed by atoms with Gasteiger partial charge in [-0.05, 0) is 37.3 Å². The minimum atomic E-state index is -0.417. The number of hydrogen-bond acceptors (Lipinski definition) is 5. The predicted molar refractivity (Wildman–Crippen MR) is 105 cm³/mol. The lowest BCUT2D eigenvalue weighted by Crippen LogP contribution is -2.46. The van der Waals surface area contributed by atoms with Gasteiger partial charge in [0.25, 0.3) is 0 Å². The fourth-order valence-corrected chi connectivity index (χ4v) is 4.26. The van der Waals surface area contributed by atoms with Crippen LogP contribution in [-0.4, -0.2) is 32.1 Å². The SMILES string of the molecule is CC(Sc1nnc(-c2ccccc2F)n1N)C(=O)NC1CCCC(C)C1C. The van der Waals surface area contributed by atoms with E-state index < -0.39 is 5.82 Å². The van der Waals surface area contributed by atoms with Crippen molar-refractivity contribution in [3.8, 4) is 11.4 Å². The third-order valence-electron chi connectivity index (χ3n) is 5.47.